The Labute approximate surface area is 271 Å². The highest BCUT2D eigenvalue weighted by Crippen LogP contribution is 2.33. The monoisotopic (exact) mass is 683 g/mol. The molecule has 0 aliphatic carbocycles. The van der Waals surface area contributed by atoms with Crippen molar-refractivity contribution in [2.24, 2.45) is 5.92 Å². The molecule has 4 amide bonds. The molecule has 4 heterocycles. The molecule has 12 heteroatoms. The third-order valence-electron chi connectivity index (χ3n) is 9.54. The van der Waals surface area contributed by atoms with Crippen molar-refractivity contribution in [3.05, 3.63) is 57.3 Å². The molecule has 0 bridgehead atoms. The molecule has 10 nitrogen and oxygen atoms in total. The van der Waals surface area contributed by atoms with Crippen LogP contribution in [0, 0.1) is 18.7 Å². The molecule has 4 aliphatic rings. The number of benzene rings is 2. The summed E-state index contributed by atoms with van der Waals surface area (Å²) in [5.41, 5.74) is 1.49. The molecular formula is C33H39BrFN5O5. The topological polar surface area (TPSA) is 102 Å². The average molecular weight is 685 g/mol. The zero-order valence-electron chi connectivity index (χ0n) is 25.5. The van der Waals surface area contributed by atoms with Crippen molar-refractivity contribution in [3.63, 3.8) is 0 Å². The Morgan fingerprint density at radius 1 is 0.933 bits per heavy atom. The molecule has 240 valence electrons. The molecule has 0 spiro atoms. The third-order valence-corrected chi connectivity index (χ3v) is 10.4. The van der Waals surface area contributed by atoms with E-state index in [-0.39, 0.29) is 24.0 Å². The van der Waals surface area contributed by atoms with Crippen molar-refractivity contribution in [2.75, 3.05) is 63.9 Å². The van der Waals surface area contributed by atoms with Crippen LogP contribution < -0.4 is 15.0 Å². The van der Waals surface area contributed by atoms with Crippen LogP contribution in [0.4, 0.5) is 10.1 Å². The Morgan fingerprint density at radius 3 is 2.36 bits per heavy atom. The second-order valence-electron chi connectivity index (χ2n) is 12.4. The Bertz CT molecular complexity index is 1490. The maximum atomic E-state index is 15.3. The number of anilines is 1. The van der Waals surface area contributed by atoms with Crippen molar-refractivity contribution in [1.82, 2.24) is 20.0 Å². The van der Waals surface area contributed by atoms with Gasteiger partial charge in [-0.1, -0.05) is 22.0 Å². The molecule has 0 aromatic heterocycles. The van der Waals surface area contributed by atoms with Crippen LogP contribution in [0.5, 0.6) is 5.75 Å². The average Bonchev–Trinajstić information content (AvgIpc) is 3.26. The van der Waals surface area contributed by atoms with Gasteiger partial charge in [0.2, 0.25) is 11.8 Å². The van der Waals surface area contributed by atoms with Gasteiger partial charge in [-0.25, -0.2) is 4.39 Å². The highest BCUT2D eigenvalue weighted by Gasteiger charge is 2.45. The van der Waals surface area contributed by atoms with Gasteiger partial charge in [-0.15, -0.1) is 0 Å². The Hall–Kier alpha value is -3.35. The summed E-state index contributed by atoms with van der Waals surface area (Å²) in [5, 5.41) is 2.18. The van der Waals surface area contributed by atoms with Crippen molar-refractivity contribution in [1.29, 1.82) is 0 Å². The first-order chi connectivity index (χ1) is 21.7. The van der Waals surface area contributed by atoms with Crippen LogP contribution in [0.25, 0.3) is 0 Å². The third kappa shape index (κ3) is 6.78. The van der Waals surface area contributed by atoms with Gasteiger partial charge in [-0.3, -0.25) is 34.3 Å². The summed E-state index contributed by atoms with van der Waals surface area (Å²) in [6.45, 7) is 9.80. The van der Waals surface area contributed by atoms with E-state index in [0.717, 1.165) is 85.3 Å². The summed E-state index contributed by atoms with van der Waals surface area (Å²) in [7, 11) is 0. The highest BCUT2D eigenvalue weighted by molar-refractivity contribution is 9.10. The predicted molar refractivity (Wildman–Crippen MR) is 170 cm³/mol. The van der Waals surface area contributed by atoms with Crippen LogP contribution in [0.2, 0.25) is 0 Å². The summed E-state index contributed by atoms with van der Waals surface area (Å²) < 4.78 is 22.3. The number of piperazine rings is 1. The van der Waals surface area contributed by atoms with Crippen molar-refractivity contribution in [3.8, 4) is 5.75 Å². The molecule has 45 heavy (non-hydrogen) atoms. The molecule has 6 rings (SSSR count). The fraction of sp³-hybridized carbons (Fsp3) is 0.515. The standard InChI is InChI=1S/C33H39BrFN5O5/c1-21-25(34)4-2-5-29(21)45-17-3-10-37-11-8-22(9-12-37)20-38-13-15-39(16-14-38)28-19-24-23(18-26(28)35)32(43)40(33(24)44)27-6-7-30(41)36-31(27)42/h2,4-5,18-19,22,27H,3,6-17,20H2,1H3,(H,36,41,42). The number of hydrogen-bond donors (Lipinski definition) is 1. The number of likely N-dealkylation sites (tertiary alicyclic amines) is 1. The summed E-state index contributed by atoms with van der Waals surface area (Å²) in [6, 6.07) is 7.52. The molecule has 3 saturated heterocycles. The highest BCUT2D eigenvalue weighted by atomic mass is 79.9. The Balaban J connectivity index is 0.953. The number of nitrogens with zero attached hydrogens (tertiary/aromatic N) is 4. The van der Waals surface area contributed by atoms with E-state index in [1.807, 2.05) is 23.1 Å². The molecular weight excluding hydrogens is 645 g/mol. The number of imide groups is 2. The maximum absolute atomic E-state index is 15.3. The minimum absolute atomic E-state index is 0.0375. The Kier molecular flexibility index (Phi) is 9.53. The zero-order chi connectivity index (χ0) is 31.7. The summed E-state index contributed by atoms with van der Waals surface area (Å²) in [4.78, 5) is 57.9. The molecule has 3 fully saturated rings. The lowest BCUT2D eigenvalue weighted by Crippen LogP contribution is -2.54. The van der Waals surface area contributed by atoms with Crippen LogP contribution in [-0.2, 0) is 9.59 Å². The molecule has 0 saturated carbocycles. The van der Waals surface area contributed by atoms with Gasteiger partial charge in [0.05, 0.1) is 23.4 Å². The number of carbonyl (C=O) groups is 4. The second kappa shape index (κ2) is 13.6. The van der Waals surface area contributed by atoms with Gasteiger partial charge in [-0.2, -0.15) is 0 Å². The smallest absolute Gasteiger partial charge is 0.262 e. The summed E-state index contributed by atoms with van der Waals surface area (Å²) in [6.07, 6.45) is 3.41. The maximum Gasteiger partial charge on any atom is 0.262 e. The number of nitrogens with one attached hydrogen (secondary N) is 1. The second-order valence-corrected chi connectivity index (χ2v) is 13.3. The number of fused-ring (bicyclic) bond motifs is 1. The lowest BCUT2D eigenvalue weighted by Gasteiger charge is -2.39. The van der Waals surface area contributed by atoms with Crippen LogP contribution in [0.3, 0.4) is 0 Å². The number of hydrogen-bond acceptors (Lipinski definition) is 8. The lowest BCUT2D eigenvalue weighted by atomic mass is 9.95. The number of amides is 4. The number of carbonyl (C=O) groups excluding carboxylic acids is 4. The van der Waals surface area contributed by atoms with E-state index in [1.54, 1.807) is 0 Å². The minimum atomic E-state index is -1.07. The van der Waals surface area contributed by atoms with Crippen LogP contribution in [-0.4, -0.2) is 103 Å². The molecule has 2 aromatic rings. The summed E-state index contributed by atoms with van der Waals surface area (Å²) in [5.74, 6) is -1.43. The van der Waals surface area contributed by atoms with E-state index in [0.29, 0.717) is 31.3 Å². The van der Waals surface area contributed by atoms with Crippen molar-refractivity contribution in [2.45, 2.75) is 45.1 Å². The van der Waals surface area contributed by atoms with Gasteiger partial charge in [-0.05, 0) is 75.9 Å². The minimum Gasteiger partial charge on any atom is -0.493 e. The molecule has 1 unspecified atom stereocenters. The normalized spacial score (nSPS) is 21.8. The molecule has 2 aromatic carbocycles. The fourth-order valence-electron chi connectivity index (χ4n) is 6.86. The van der Waals surface area contributed by atoms with E-state index >= 15 is 4.39 Å². The van der Waals surface area contributed by atoms with E-state index in [1.165, 1.54) is 6.07 Å². The van der Waals surface area contributed by atoms with Crippen LogP contribution in [0.1, 0.15) is 58.4 Å². The number of halogens is 2. The van der Waals surface area contributed by atoms with Crippen LogP contribution >= 0.6 is 15.9 Å². The molecule has 0 radical (unpaired) electrons. The molecule has 1 N–H and O–H groups in total. The number of piperidine rings is 2. The van der Waals surface area contributed by atoms with Gasteiger partial charge >= 0.3 is 0 Å². The van der Waals surface area contributed by atoms with Gasteiger partial charge in [0.1, 0.15) is 17.6 Å². The number of ether oxygens (including phenoxy) is 1. The first kappa shape index (κ1) is 31.6. The van der Waals surface area contributed by atoms with E-state index < -0.39 is 35.5 Å². The largest absolute Gasteiger partial charge is 0.493 e. The van der Waals surface area contributed by atoms with E-state index in [9.17, 15) is 19.2 Å². The van der Waals surface area contributed by atoms with Crippen molar-refractivity contribution < 1.29 is 28.3 Å². The van der Waals surface area contributed by atoms with E-state index in [4.69, 9.17) is 4.74 Å². The fourth-order valence-corrected chi connectivity index (χ4v) is 7.21. The summed E-state index contributed by atoms with van der Waals surface area (Å²) >= 11 is 3.56. The Morgan fingerprint density at radius 2 is 1.64 bits per heavy atom. The SMILES string of the molecule is Cc1c(Br)cccc1OCCCN1CCC(CN2CCN(c3cc4c(cc3F)C(=O)N(C3CCC(=O)NC3=O)C4=O)CC2)CC1. The van der Waals surface area contributed by atoms with Gasteiger partial charge in [0.15, 0.2) is 0 Å². The molecule has 4 aliphatic heterocycles. The zero-order valence-corrected chi connectivity index (χ0v) is 27.1. The predicted octanol–water partition coefficient (Wildman–Crippen LogP) is 3.60. The lowest BCUT2D eigenvalue weighted by molar-refractivity contribution is -0.136. The van der Waals surface area contributed by atoms with Gasteiger partial charge < -0.3 is 14.5 Å². The first-order valence-corrected chi connectivity index (χ1v) is 16.6. The first-order valence-electron chi connectivity index (χ1n) is 15.8. The van der Waals surface area contributed by atoms with Gasteiger partial charge in [0, 0.05) is 55.7 Å². The van der Waals surface area contributed by atoms with E-state index in [2.05, 4.69) is 38.0 Å². The number of rotatable bonds is 9. The van der Waals surface area contributed by atoms with Crippen LogP contribution in [0.15, 0.2) is 34.8 Å². The quantitative estimate of drug-likeness (QED) is 0.316. The van der Waals surface area contributed by atoms with Gasteiger partial charge in [0.25, 0.3) is 11.8 Å². The van der Waals surface area contributed by atoms with Crippen molar-refractivity contribution >= 4 is 45.2 Å². The molecule has 1 atom stereocenters.